The van der Waals surface area contributed by atoms with Gasteiger partial charge < -0.3 is 5.32 Å². The molecule has 0 radical (unpaired) electrons. The van der Waals surface area contributed by atoms with Gasteiger partial charge in [0.25, 0.3) is 5.91 Å². The number of hydrogen-bond donors (Lipinski definition) is 1. The Morgan fingerprint density at radius 2 is 2.29 bits per heavy atom. The lowest BCUT2D eigenvalue weighted by atomic mass is 10.2. The maximum atomic E-state index is 13.3. The molecule has 1 heterocycles. The van der Waals surface area contributed by atoms with Crippen LogP contribution in [0.1, 0.15) is 23.7 Å². The van der Waals surface area contributed by atoms with Gasteiger partial charge in [-0.1, -0.05) is 6.92 Å². The molecule has 3 nitrogen and oxygen atoms in total. The summed E-state index contributed by atoms with van der Waals surface area (Å²) in [5.41, 5.74) is -0.308. The highest BCUT2D eigenvalue weighted by Gasteiger charge is 2.18. The third kappa shape index (κ3) is 3.66. The van der Waals surface area contributed by atoms with Crippen LogP contribution in [0.3, 0.4) is 0 Å². The number of hydrogen-bond acceptors (Lipinski definition) is 3. The zero-order chi connectivity index (χ0) is 12.8. The second kappa shape index (κ2) is 6.54. The molecule has 0 spiro atoms. The standard InChI is InChI=1S/C11H14F2N2OS/c1-3-7(6-17-2)15-11(16)8-4-5-14-10(13)9(8)12/h4-5,7H,3,6H2,1-2H3,(H,15,16). The largest absolute Gasteiger partial charge is 0.348 e. The van der Waals surface area contributed by atoms with Crippen molar-refractivity contribution in [2.75, 3.05) is 12.0 Å². The van der Waals surface area contributed by atoms with Crippen LogP contribution in [-0.2, 0) is 0 Å². The van der Waals surface area contributed by atoms with Gasteiger partial charge in [0, 0.05) is 18.0 Å². The first-order chi connectivity index (χ1) is 8.10. The van der Waals surface area contributed by atoms with Gasteiger partial charge in [0.15, 0.2) is 5.82 Å². The lowest BCUT2D eigenvalue weighted by molar-refractivity contribution is 0.0934. The highest BCUT2D eigenvalue weighted by atomic mass is 32.2. The Morgan fingerprint density at radius 1 is 1.59 bits per heavy atom. The normalized spacial score (nSPS) is 12.2. The van der Waals surface area contributed by atoms with E-state index in [9.17, 15) is 13.6 Å². The number of aromatic nitrogens is 1. The molecule has 0 saturated carbocycles. The Hall–Kier alpha value is -1.17. The summed E-state index contributed by atoms with van der Waals surface area (Å²) in [7, 11) is 0. The first-order valence-electron chi connectivity index (χ1n) is 5.20. The molecule has 1 amide bonds. The predicted octanol–water partition coefficient (Wildman–Crippen LogP) is 2.23. The minimum atomic E-state index is -1.25. The summed E-state index contributed by atoms with van der Waals surface area (Å²) in [6.07, 6.45) is 3.73. The third-order valence-electron chi connectivity index (χ3n) is 2.29. The number of nitrogens with zero attached hydrogens (tertiary/aromatic N) is 1. The molecule has 17 heavy (non-hydrogen) atoms. The first-order valence-corrected chi connectivity index (χ1v) is 6.59. The van der Waals surface area contributed by atoms with Gasteiger partial charge in [-0.15, -0.1) is 0 Å². The van der Waals surface area contributed by atoms with Crippen molar-refractivity contribution in [1.82, 2.24) is 10.3 Å². The van der Waals surface area contributed by atoms with E-state index in [4.69, 9.17) is 0 Å². The van der Waals surface area contributed by atoms with E-state index in [0.29, 0.717) is 0 Å². The van der Waals surface area contributed by atoms with E-state index in [2.05, 4.69) is 10.3 Å². The summed E-state index contributed by atoms with van der Waals surface area (Å²) in [5, 5.41) is 2.66. The number of thioether (sulfide) groups is 1. The lowest BCUT2D eigenvalue weighted by Gasteiger charge is -2.15. The molecule has 0 fully saturated rings. The smallest absolute Gasteiger partial charge is 0.254 e. The van der Waals surface area contributed by atoms with Gasteiger partial charge in [-0.25, -0.2) is 9.37 Å². The quantitative estimate of drug-likeness (QED) is 0.825. The fraction of sp³-hybridized carbons (Fsp3) is 0.455. The van der Waals surface area contributed by atoms with Crippen LogP contribution in [0.4, 0.5) is 8.78 Å². The fourth-order valence-corrected chi connectivity index (χ4v) is 2.04. The zero-order valence-corrected chi connectivity index (χ0v) is 10.5. The Labute approximate surface area is 103 Å². The molecule has 1 unspecified atom stereocenters. The summed E-state index contributed by atoms with van der Waals surface area (Å²) in [6, 6.07) is 1.12. The van der Waals surface area contributed by atoms with Gasteiger partial charge in [-0.05, 0) is 18.7 Å². The number of halogens is 2. The average Bonchev–Trinajstić information content (AvgIpc) is 2.31. The molecule has 0 aliphatic rings. The second-order valence-corrected chi connectivity index (χ2v) is 4.41. The van der Waals surface area contributed by atoms with E-state index >= 15 is 0 Å². The molecular weight excluding hydrogens is 246 g/mol. The van der Waals surface area contributed by atoms with E-state index in [0.717, 1.165) is 18.4 Å². The monoisotopic (exact) mass is 260 g/mol. The third-order valence-corrected chi connectivity index (χ3v) is 3.02. The molecule has 0 bridgehead atoms. The first kappa shape index (κ1) is 13.9. The summed E-state index contributed by atoms with van der Waals surface area (Å²) < 4.78 is 26.1. The molecule has 0 aromatic carbocycles. The topological polar surface area (TPSA) is 42.0 Å². The molecule has 0 aliphatic carbocycles. The van der Waals surface area contributed by atoms with Crippen LogP contribution >= 0.6 is 11.8 Å². The Morgan fingerprint density at radius 3 is 2.88 bits per heavy atom. The summed E-state index contributed by atoms with van der Waals surface area (Å²) in [6.45, 7) is 1.92. The Bertz CT molecular complexity index is 401. The maximum absolute atomic E-state index is 13.3. The molecule has 1 N–H and O–H groups in total. The minimum Gasteiger partial charge on any atom is -0.348 e. The van der Waals surface area contributed by atoms with Crippen LogP contribution in [0.15, 0.2) is 12.3 Å². The van der Waals surface area contributed by atoms with Crippen molar-refractivity contribution in [1.29, 1.82) is 0 Å². The fourth-order valence-electron chi connectivity index (χ4n) is 1.32. The van der Waals surface area contributed by atoms with E-state index in [1.807, 2.05) is 13.2 Å². The van der Waals surface area contributed by atoms with Gasteiger partial charge in [-0.2, -0.15) is 16.2 Å². The van der Waals surface area contributed by atoms with E-state index in [1.54, 1.807) is 11.8 Å². The van der Waals surface area contributed by atoms with Crippen LogP contribution < -0.4 is 5.32 Å². The molecule has 1 rings (SSSR count). The van der Waals surface area contributed by atoms with Crippen molar-refractivity contribution in [3.8, 4) is 0 Å². The van der Waals surface area contributed by atoms with Crippen LogP contribution in [0.5, 0.6) is 0 Å². The lowest BCUT2D eigenvalue weighted by Crippen LogP contribution is -2.36. The number of carbonyl (C=O) groups excluding carboxylic acids is 1. The SMILES string of the molecule is CCC(CSC)NC(=O)c1ccnc(F)c1F. The van der Waals surface area contributed by atoms with Crippen molar-refractivity contribution in [2.24, 2.45) is 0 Å². The van der Waals surface area contributed by atoms with Gasteiger partial charge in [0.2, 0.25) is 5.95 Å². The number of amides is 1. The highest BCUT2D eigenvalue weighted by molar-refractivity contribution is 7.98. The summed E-state index contributed by atoms with van der Waals surface area (Å²) in [5.74, 6) is -2.33. The molecule has 0 saturated heterocycles. The maximum Gasteiger partial charge on any atom is 0.254 e. The summed E-state index contributed by atoms with van der Waals surface area (Å²) in [4.78, 5) is 14.8. The molecular formula is C11H14F2N2OS. The van der Waals surface area contributed by atoms with Gasteiger partial charge >= 0.3 is 0 Å². The molecule has 6 heteroatoms. The Kier molecular flexibility index (Phi) is 5.34. The molecule has 94 valence electrons. The number of carbonyl (C=O) groups is 1. The van der Waals surface area contributed by atoms with Crippen LogP contribution in [0.2, 0.25) is 0 Å². The number of rotatable bonds is 5. The number of pyridine rings is 1. The molecule has 1 atom stereocenters. The minimum absolute atomic E-state index is 0.0480. The molecule has 0 aliphatic heterocycles. The van der Waals surface area contributed by atoms with E-state index < -0.39 is 17.7 Å². The van der Waals surface area contributed by atoms with Gasteiger partial charge in [0.1, 0.15) is 0 Å². The zero-order valence-electron chi connectivity index (χ0n) is 9.67. The molecule has 1 aromatic heterocycles. The predicted molar refractivity (Wildman–Crippen MR) is 64.1 cm³/mol. The van der Waals surface area contributed by atoms with Crippen molar-refractivity contribution in [3.63, 3.8) is 0 Å². The number of nitrogens with one attached hydrogen (secondary N) is 1. The summed E-state index contributed by atoms with van der Waals surface area (Å²) >= 11 is 1.58. The van der Waals surface area contributed by atoms with Crippen LogP contribution in [-0.4, -0.2) is 28.9 Å². The van der Waals surface area contributed by atoms with Crippen LogP contribution in [0.25, 0.3) is 0 Å². The van der Waals surface area contributed by atoms with Crippen molar-refractivity contribution in [3.05, 3.63) is 29.6 Å². The van der Waals surface area contributed by atoms with Gasteiger partial charge in [-0.3, -0.25) is 4.79 Å². The highest BCUT2D eigenvalue weighted by Crippen LogP contribution is 2.10. The molecule has 1 aromatic rings. The average molecular weight is 260 g/mol. The second-order valence-electron chi connectivity index (χ2n) is 3.50. The van der Waals surface area contributed by atoms with E-state index in [1.165, 1.54) is 6.07 Å². The Balaban J connectivity index is 2.79. The van der Waals surface area contributed by atoms with Gasteiger partial charge in [0.05, 0.1) is 5.56 Å². The van der Waals surface area contributed by atoms with Crippen LogP contribution in [0, 0.1) is 11.8 Å². The van der Waals surface area contributed by atoms with Crippen molar-refractivity contribution in [2.45, 2.75) is 19.4 Å². The van der Waals surface area contributed by atoms with Crippen molar-refractivity contribution < 1.29 is 13.6 Å². The van der Waals surface area contributed by atoms with E-state index in [-0.39, 0.29) is 11.6 Å². The van der Waals surface area contributed by atoms with Crippen molar-refractivity contribution >= 4 is 17.7 Å².